The van der Waals surface area contributed by atoms with Crippen molar-refractivity contribution in [1.29, 1.82) is 0 Å². The van der Waals surface area contributed by atoms with Crippen LogP contribution < -0.4 is 24.6 Å². The molecule has 0 unspecified atom stereocenters. The molecule has 6 rings (SSSR count). The Morgan fingerprint density at radius 2 is 1.85 bits per heavy atom. The molecule has 0 amide bonds. The van der Waals surface area contributed by atoms with Crippen molar-refractivity contribution >= 4 is 40.0 Å². The maximum absolute atomic E-state index is 6.17. The van der Waals surface area contributed by atoms with Gasteiger partial charge in [0.2, 0.25) is 12.7 Å². The first-order chi connectivity index (χ1) is 19.1. The van der Waals surface area contributed by atoms with Crippen LogP contribution in [0.2, 0.25) is 5.02 Å². The second kappa shape index (κ2) is 11.5. The molecule has 0 atom stereocenters. The van der Waals surface area contributed by atoms with Crippen molar-refractivity contribution in [2.24, 2.45) is 0 Å². The predicted molar refractivity (Wildman–Crippen MR) is 156 cm³/mol. The van der Waals surface area contributed by atoms with Crippen molar-refractivity contribution < 1.29 is 9.47 Å². The fraction of sp³-hybridized carbons (Fsp3) is 0.367. The summed E-state index contributed by atoms with van der Waals surface area (Å²) >= 11 is 6.17. The van der Waals surface area contributed by atoms with Crippen molar-refractivity contribution in [1.82, 2.24) is 15.0 Å². The quantitative estimate of drug-likeness (QED) is 0.249. The molecule has 4 aromatic rings. The molecule has 0 aliphatic carbocycles. The summed E-state index contributed by atoms with van der Waals surface area (Å²) in [7, 11) is 0. The minimum Gasteiger partial charge on any atom is -0.454 e. The first kappa shape index (κ1) is 25.5. The zero-order valence-corrected chi connectivity index (χ0v) is 23.0. The summed E-state index contributed by atoms with van der Waals surface area (Å²) in [6.45, 7) is 6.70. The number of nitrogens with one attached hydrogen (secondary N) is 1. The summed E-state index contributed by atoms with van der Waals surface area (Å²) in [6.07, 6.45) is 6.39. The molecule has 2 aliphatic heterocycles. The standard InChI is InChI=1S/C30H33ClN6O2/c1-21-16-29(35-30(34-21)36-13-3-2-4-14-36)37(19-22-6-9-27-28(17-22)39-20-38-27)15-5-11-32-25-10-12-33-26-18-23(31)7-8-24(25)26/h6-10,12,16-18H,2-5,11,13-15,19-20H2,1H3,(H,32,33). The van der Waals surface area contributed by atoms with Crippen molar-refractivity contribution in [2.75, 3.05) is 48.1 Å². The third-order valence-corrected chi connectivity index (χ3v) is 7.46. The van der Waals surface area contributed by atoms with E-state index in [0.717, 1.165) is 83.7 Å². The first-order valence-corrected chi connectivity index (χ1v) is 14.0. The summed E-state index contributed by atoms with van der Waals surface area (Å²) in [6, 6.07) is 16.1. The number of nitrogens with zero attached hydrogens (tertiary/aromatic N) is 5. The Labute approximate surface area is 233 Å². The van der Waals surface area contributed by atoms with Gasteiger partial charge in [0.1, 0.15) is 5.82 Å². The van der Waals surface area contributed by atoms with Crippen LogP contribution in [-0.4, -0.2) is 47.9 Å². The van der Waals surface area contributed by atoms with E-state index in [0.29, 0.717) is 11.6 Å². The fourth-order valence-corrected chi connectivity index (χ4v) is 5.40. The summed E-state index contributed by atoms with van der Waals surface area (Å²) in [4.78, 5) is 19.0. The Bertz CT molecular complexity index is 1460. The van der Waals surface area contributed by atoms with E-state index in [-0.39, 0.29) is 6.79 Å². The number of piperidine rings is 1. The minimum atomic E-state index is 0.272. The molecule has 39 heavy (non-hydrogen) atoms. The Morgan fingerprint density at radius 3 is 2.74 bits per heavy atom. The number of hydrogen-bond donors (Lipinski definition) is 1. The highest BCUT2D eigenvalue weighted by Crippen LogP contribution is 2.33. The third kappa shape index (κ3) is 5.96. The van der Waals surface area contributed by atoms with Gasteiger partial charge in [0.05, 0.1) is 5.52 Å². The topological polar surface area (TPSA) is 75.6 Å². The van der Waals surface area contributed by atoms with Crippen LogP contribution >= 0.6 is 11.6 Å². The Kier molecular flexibility index (Phi) is 7.54. The maximum atomic E-state index is 6.17. The van der Waals surface area contributed by atoms with E-state index in [2.05, 4.69) is 45.2 Å². The average Bonchev–Trinajstić information content (AvgIpc) is 3.43. The smallest absolute Gasteiger partial charge is 0.231 e. The highest BCUT2D eigenvalue weighted by Gasteiger charge is 2.19. The first-order valence-electron chi connectivity index (χ1n) is 13.6. The molecule has 202 valence electrons. The van der Waals surface area contributed by atoms with Gasteiger partial charge < -0.3 is 24.6 Å². The molecule has 0 bridgehead atoms. The van der Waals surface area contributed by atoms with E-state index in [9.17, 15) is 0 Å². The highest BCUT2D eigenvalue weighted by atomic mass is 35.5. The second-order valence-electron chi connectivity index (χ2n) is 10.1. The van der Waals surface area contributed by atoms with Gasteiger partial charge in [-0.3, -0.25) is 4.98 Å². The number of anilines is 3. The number of aryl methyl sites for hydroxylation is 1. The van der Waals surface area contributed by atoms with Crippen molar-refractivity contribution in [3.8, 4) is 11.5 Å². The molecule has 4 heterocycles. The number of pyridine rings is 1. The number of fused-ring (bicyclic) bond motifs is 2. The molecule has 9 heteroatoms. The number of benzene rings is 2. The number of aromatic nitrogens is 3. The Morgan fingerprint density at radius 1 is 0.974 bits per heavy atom. The van der Waals surface area contributed by atoms with Crippen LogP contribution in [0.4, 0.5) is 17.5 Å². The average molecular weight is 545 g/mol. The van der Waals surface area contributed by atoms with Gasteiger partial charge in [-0.15, -0.1) is 0 Å². The summed E-state index contributed by atoms with van der Waals surface area (Å²) < 4.78 is 11.2. The van der Waals surface area contributed by atoms with Gasteiger partial charge >= 0.3 is 0 Å². The van der Waals surface area contributed by atoms with Crippen molar-refractivity contribution in [2.45, 2.75) is 39.2 Å². The van der Waals surface area contributed by atoms with E-state index in [1.165, 1.54) is 19.3 Å². The van der Waals surface area contributed by atoms with Crippen LogP contribution in [0.1, 0.15) is 36.9 Å². The van der Waals surface area contributed by atoms with Crippen LogP contribution in [0, 0.1) is 6.92 Å². The van der Waals surface area contributed by atoms with Crippen LogP contribution in [0.5, 0.6) is 11.5 Å². The molecule has 8 nitrogen and oxygen atoms in total. The lowest BCUT2D eigenvalue weighted by Gasteiger charge is -2.29. The maximum Gasteiger partial charge on any atom is 0.231 e. The number of ether oxygens (including phenoxy) is 2. The Hall–Kier alpha value is -3.78. The lowest BCUT2D eigenvalue weighted by Crippen LogP contribution is -2.32. The zero-order chi connectivity index (χ0) is 26.6. The van der Waals surface area contributed by atoms with Gasteiger partial charge in [-0.05, 0) is 74.6 Å². The van der Waals surface area contributed by atoms with E-state index in [1.807, 2.05) is 36.5 Å². The van der Waals surface area contributed by atoms with Gasteiger partial charge in [0, 0.05) is 66.8 Å². The minimum absolute atomic E-state index is 0.272. The van der Waals surface area contributed by atoms with E-state index in [4.69, 9.17) is 31.0 Å². The lowest BCUT2D eigenvalue weighted by atomic mass is 10.1. The summed E-state index contributed by atoms with van der Waals surface area (Å²) in [5.41, 5.74) is 4.08. The predicted octanol–water partition coefficient (Wildman–Crippen LogP) is 6.21. The monoisotopic (exact) mass is 544 g/mol. The van der Waals surface area contributed by atoms with Crippen LogP contribution in [-0.2, 0) is 6.54 Å². The summed E-state index contributed by atoms with van der Waals surface area (Å²) in [5.74, 6) is 3.38. The fourth-order valence-electron chi connectivity index (χ4n) is 5.24. The molecule has 2 aliphatic rings. The second-order valence-corrected chi connectivity index (χ2v) is 10.6. The molecule has 1 saturated heterocycles. The molecular formula is C30H33ClN6O2. The molecule has 0 radical (unpaired) electrons. The lowest BCUT2D eigenvalue weighted by molar-refractivity contribution is 0.174. The highest BCUT2D eigenvalue weighted by molar-refractivity contribution is 6.31. The largest absolute Gasteiger partial charge is 0.454 e. The molecule has 0 spiro atoms. The molecule has 2 aromatic heterocycles. The van der Waals surface area contributed by atoms with Crippen LogP contribution in [0.3, 0.4) is 0 Å². The summed E-state index contributed by atoms with van der Waals surface area (Å²) in [5, 5.41) is 5.36. The van der Waals surface area contributed by atoms with E-state index >= 15 is 0 Å². The van der Waals surface area contributed by atoms with Gasteiger partial charge in [-0.2, -0.15) is 4.98 Å². The molecule has 0 saturated carbocycles. The molecule has 2 aromatic carbocycles. The van der Waals surface area contributed by atoms with Crippen LogP contribution in [0.25, 0.3) is 10.9 Å². The molecule has 1 fully saturated rings. The SMILES string of the molecule is Cc1cc(N(CCCNc2ccnc3cc(Cl)ccc23)Cc2ccc3c(c2)OCO3)nc(N2CCCCC2)n1. The number of rotatable bonds is 9. The zero-order valence-electron chi connectivity index (χ0n) is 22.2. The number of halogens is 1. The third-order valence-electron chi connectivity index (χ3n) is 7.23. The van der Waals surface area contributed by atoms with Gasteiger partial charge in [0.15, 0.2) is 11.5 Å². The molecular weight excluding hydrogens is 512 g/mol. The van der Waals surface area contributed by atoms with Gasteiger partial charge in [-0.1, -0.05) is 17.7 Å². The normalized spacial score (nSPS) is 14.6. The van der Waals surface area contributed by atoms with Crippen molar-refractivity contribution in [3.63, 3.8) is 0 Å². The van der Waals surface area contributed by atoms with E-state index in [1.54, 1.807) is 0 Å². The molecule has 1 N–H and O–H groups in total. The van der Waals surface area contributed by atoms with Gasteiger partial charge in [0.25, 0.3) is 0 Å². The van der Waals surface area contributed by atoms with Gasteiger partial charge in [-0.25, -0.2) is 4.98 Å². The van der Waals surface area contributed by atoms with E-state index < -0.39 is 0 Å². The van der Waals surface area contributed by atoms with Crippen LogP contribution in [0.15, 0.2) is 54.7 Å². The van der Waals surface area contributed by atoms with Crippen molar-refractivity contribution in [3.05, 3.63) is 71.0 Å². The Balaban J connectivity index is 1.20. The number of hydrogen-bond acceptors (Lipinski definition) is 8.